The Kier molecular flexibility index (Phi) is 5.11. The molecule has 0 aliphatic heterocycles. The molecule has 0 fully saturated rings. The van der Waals surface area contributed by atoms with Crippen molar-refractivity contribution in [3.05, 3.63) is 64.0 Å². The smallest absolute Gasteiger partial charge is 0.274 e. The Morgan fingerprint density at radius 3 is 2.59 bits per heavy atom. The molecule has 0 saturated carbocycles. The van der Waals surface area contributed by atoms with Gasteiger partial charge in [0.15, 0.2) is 6.61 Å². The molecule has 27 heavy (non-hydrogen) atoms. The summed E-state index contributed by atoms with van der Waals surface area (Å²) in [5.74, 6) is 1.01. The molecule has 2 aromatic carbocycles. The van der Waals surface area contributed by atoms with Gasteiger partial charge in [-0.2, -0.15) is 4.98 Å². The van der Waals surface area contributed by atoms with Crippen molar-refractivity contribution < 1.29 is 19.0 Å². The number of benzene rings is 2. The van der Waals surface area contributed by atoms with E-state index in [9.17, 15) is 14.9 Å². The van der Waals surface area contributed by atoms with E-state index < -0.39 is 10.8 Å². The maximum Gasteiger partial charge on any atom is 0.274 e. The van der Waals surface area contributed by atoms with Crippen LogP contribution in [0, 0.1) is 24.0 Å². The summed E-state index contributed by atoms with van der Waals surface area (Å²) < 4.78 is 10.4. The van der Waals surface area contributed by atoms with Crippen LogP contribution < -0.4 is 10.1 Å². The Morgan fingerprint density at radius 2 is 1.96 bits per heavy atom. The molecule has 1 amide bonds. The van der Waals surface area contributed by atoms with Gasteiger partial charge in [-0.3, -0.25) is 14.9 Å². The first-order valence-electron chi connectivity index (χ1n) is 8.01. The van der Waals surface area contributed by atoms with Crippen LogP contribution in [-0.2, 0) is 4.79 Å². The van der Waals surface area contributed by atoms with Crippen LogP contribution >= 0.6 is 0 Å². The Labute approximate surface area is 154 Å². The van der Waals surface area contributed by atoms with Gasteiger partial charge in [0.2, 0.25) is 11.7 Å². The Morgan fingerprint density at radius 1 is 1.22 bits per heavy atom. The van der Waals surface area contributed by atoms with Crippen LogP contribution in [0.1, 0.15) is 11.5 Å². The largest absolute Gasteiger partial charge is 0.484 e. The molecule has 138 valence electrons. The number of carbonyl (C=O) groups is 1. The highest BCUT2D eigenvalue weighted by atomic mass is 16.6. The summed E-state index contributed by atoms with van der Waals surface area (Å²) in [5.41, 5.74) is 1.47. The fraction of sp³-hybridized carbons (Fsp3) is 0.167. The fourth-order valence-electron chi connectivity index (χ4n) is 2.41. The van der Waals surface area contributed by atoms with Gasteiger partial charge in [-0.15, -0.1) is 0 Å². The summed E-state index contributed by atoms with van der Waals surface area (Å²) in [6, 6.07) is 11.4. The molecule has 0 atom stereocenters. The van der Waals surface area contributed by atoms with Gasteiger partial charge in [0.05, 0.1) is 16.2 Å². The number of nitro groups is 1. The van der Waals surface area contributed by atoms with E-state index in [1.807, 2.05) is 0 Å². The SMILES string of the molecule is Cc1nc(-c2ccc(OCC(=O)Nc3cccc([N+](=O)[O-])c3C)cc2)no1. The number of nitro benzene ring substituents is 1. The number of hydrogen-bond acceptors (Lipinski definition) is 7. The van der Waals surface area contributed by atoms with Gasteiger partial charge in [0.25, 0.3) is 11.6 Å². The van der Waals surface area contributed by atoms with Gasteiger partial charge in [0.1, 0.15) is 5.75 Å². The van der Waals surface area contributed by atoms with E-state index in [4.69, 9.17) is 9.26 Å². The average Bonchev–Trinajstić information content (AvgIpc) is 3.08. The molecule has 9 heteroatoms. The second-order valence-electron chi connectivity index (χ2n) is 5.71. The zero-order chi connectivity index (χ0) is 19.4. The minimum Gasteiger partial charge on any atom is -0.484 e. The summed E-state index contributed by atoms with van der Waals surface area (Å²) in [7, 11) is 0. The zero-order valence-corrected chi connectivity index (χ0v) is 14.6. The van der Waals surface area contributed by atoms with Gasteiger partial charge in [-0.05, 0) is 37.3 Å². The molecule has 0 saturated heterocycles. The van der Waals surface area contributed by atoms with Crippen molar-refractivity contribution in [1.82, 2.24) is 10.1 Å². The summed E-state index contributed by atoms with van der Waals surface area (Å²) in [6.45, 7) is 3.05. The lowest BCUT2D eigenvalue weighted by Gasteiger charge is -2.10. The monoisotopic (exact) mass is 368 g/mol. The maximum atomic E-state index is 12.1. The van der Waals surface area contributed by atoms with Crippen LogP contribution in [0.4, 0.5) is 11.4 Å². The molecule has 9 nitrogen and oxygen atoms in total. The normalized spacial score (nSPS) is 10.4. The van der Waals surface area contributed by atoms with Crippen molar-refractivity contribution in [2.24, 2.45) is 0 Å². The summed E-state index contributed by atoms with van der Waals surface area (Å²) in [5, 5.41) is 17.4. The molecule has 0 bridgehead atoms. The summed E-state index contributed by atoms with van der Waals surface area (Å²) >= 11 is 0. The van der Waals surface area contributed by atoms with Crippen LogP contribution in [0.2, 0.25) is 0 Å². The van der Waals surface area contributed by atoms with Gasteiger partial charge in [-0.25, -0.2) is 0 Å². The Hall–Kier alpha value is -3.75. The average molecular weight is 368 g/mol. The predicted molar refractivity (Wildman–Crippen MR) is 96.4 cm³/mol. The van der Waals surface area contributed by atoms with Crippen molar-refractivity contribution in [3.8, 4) is 17.1 Å². The van der Waals surface area contributed by atoms with E-state index >= 15 is 0 Å². The summed E-state index contributed by atoms with van der Waals surface area (Å²) in [6.07, 6.45) is 0. The van der Waals surface area contributed by atoms with E-state index in [-0.39, 0.29) is 12.3 Å². The lowest BCUT2D eigenvalue weighted by Crippen LogP contribution is -2.20. The van der Waals surface area contributed by atoms with Gasteiger partial charge >= 0.3 is 0 Å². The highest BCUT2D eigenvalue weighted by Crippen LogP contribution is 2.25. The number of aryl methyl sites for hydroxylation is 1. The molecule has 0 spiro atoms. The minimum atomic E-state index is -0.492. The third-order valence-corrected chi connectivity index (χ3v) is 3.79. The molecule has 1 heterocycles. The summed E-state index contributed by atoms with van der Waals surface area (Å²) in [4.78, 5) is 26.7. The van der Waals surface area contributed by atoms with Crippen molar-refractivity contribution >= 4 is 17.3 Å². The third-order valence-electron chi connectivity index (χ3n) is 3.79. The molecule has 0 aliphatic carbocycles. The van der Waals surface area contributed by atoms with Crippen LogP contribution in [0.15, 0.2) is 47.0 Å². The number of amides is 1. The van der Waals surface area contributed by atoms with Crippen molar-refractivity contribution in [2.75, 3.05) is 11.9 Å². The second-order valence-corrected chi connectivity index (χ2v) is 5.71. The standard InChI is InChI=1S/C18H16N4O5/c1-11-15(4-3-5-16(11)22(24)25)20-17(23)10-26-14-8-6-13(7-9-14)18-19-12(2)27-21-18/h3-9H,10H2,1-2H3,(H,20,23). The number of anilines is 1. The number of ether oxygens (including phenoxy) is 1. The molecular weight excluding hydrogens is 352 g/mol. The van der Waals surface area contributed by atoms with Gasteiger partial charge < -0.3 is 14.6 Å². The Bertz CT molecular complexity index is 982. The molecular formula is C18H16N4O5. The number of carbonyl (C=O) groups excluding carboxylic acids is 1. The number of nitrogens with zero attached hydrogens (tertiary/aromatic N) is 3. The van der Waals surface area contributed by atoms with E-state index in [0.29, 0.717) is 28.7 Å². The van der Waals surface area contributed by atoms with Crippen LogP contribution in [0.25, 0.3) is 11.4 Å². The first-order valence-corrected chi connectivity index (χ1v) is 8.01. The van der Waals surface area contributed by atoms with Crippen LogP contribution in [0.5, 0.6) is 5.75 Å². The number of nitrogens with one attached hydrogen (secondary N) is 1. The maximum absolute atomic E-state index is 12.1. The minimum absolute atomic E-state index is 0.0546. The quantitative estimate of drug-likeness (QED) is 0.523. The van der Waals surface area contributed by atoms with Crippen molar-refractivity contribution in [1.29, 1.82) is 0 Å². The van der Waals surface area contributed by atoms with E-state index in [0.717, 1.165) is 5.56 Å². The van der Waals surface area contributed by atoms with Crippen LogP contribution in [0.3, 0.4) is 0 Å². The molecule has 0 radical (unpaired) electrons. The Balaban J connectivity index is 1.59. The molecule has 3 aromatic rings. The highest BCUT2D eigenvalue weighted by Gasteiger charge is 2.15. The highest BCUT2D eigenvalue weighted by molar-refractivity contribution is 5.93. The third kappa shape index (κ3) is 4.27. The van der Waals surface area contributed by atoms with E-state index in [1.54, 1.807) is 44.2 Å². The van der Waals surface area contributed by atoms with E-state index in [2.05, 4.69) is 15.5 Å². The molecule has 1 aromatic heterocycles. The second kappa shape index (κ2) is 7.65. The van der Waals surface area contributed by atoms with Crippen LogP contribution in [-0.4, -0.2) is 27.6 Å². The van der Waals surface area contributed by atoms with Crippen molar-refractivity contribution in [2.45, 2.75) is 13.8 Å². The molecule has 0 unspecified atom stereocenters. The first-order chi connectivity index (χ1) is 12.9. The number of aromatic nitrogens is 2. The molecule has 3 rings (SSSR count). The topological polar surface area (TPSA) is 120 Å². The zero-order valence-electron chi connectivity index (χ0n) is 14.6. The van der Waals surface area contributed by atoms with Gasteiger partial charge in [-0.1, -0.05) is 11.2 Å². The molecule has 1 N–H and O–H groups in total. The predicted octanol–water partition coefficient (Wildman–Crippen LogP) is 3.28. The van der Waals surface area contributed by atoms with Crippen molar-refractivity contribution in [3.63, 3.8) is 0 Å². The van der Waals surface area contributed by atoms with Gasteiger partial charge in [0, 0.05) is 18.6 Å². The lowest BCUT2D eigenvalue weighted by molar-refractivity contribution is -0.385. The fourth-order valence-corrected chi connectivity index (χ4v) is 2.41. The first kappa shape index (κ1) is 18.1. The number of rotatable bonds is 6. The lowest BCUT2D eigenvalue weighted by atomic mass is 10.1. The molecule has 0 aliphatic rings. The number of hydrogen-bond donors (Lipinski definition) is 1. The van der Waals surface area contributed by atoms with E-state index in [1.165, 1.54) is 12.1 Å².